The number of amides is 2. The SMILES string of the molecule is CCCCCCN1C(=O)C(C#N)=C(c2ccccc2)/C(=C/C=C2/N3CCCc4cccc(c43)C2(C)C)C1=O. The average Bonchev–Trinajstić information content (AvgIpc) is 3.15. The number of nitrogens with zero attached hydrogens (tertiary/aromatic N) is 3. The third-order valence-electron chi connectivity index (χ3n) is 8.09. The maximum atomic E-state index is 13.9. The van der Waals surface area contributed by atoms with E-state index < -0.39 is 5.91 Å². The number of anilines is 1. The molecule has 0 saturated heterocycles. The van der Waals surface area contributed by atoms with Crippen molar-refractivity contribution in [2.75, 3.05) is 18.0 Å². The van der Waals surface area contributed by atoms with E-state index in [1.165, 1.54) is 21.7 Å². The number of carbonyl (C=O) groups excluding carboxylic acids is 2. The summed E-state index contributed by atoms with van der Waals surface area (Å²) in [6.45, 7) is 7.84. The molecular formula is C33H35N3O2. The van der Waals surface area contributed by atoms with Gasteiger partial charge in [0.25, 0.3) is 11.8 Å². The molecule has 0 atom stereocenters. The van der Waals surface area contributed by atoms with Crippen LogP contribution < -0.4 is 4.90 Å². The van der Waals surface area contributed by atoms with E-state index in [9.17, 15) is 14.9 Å². The van der Waals surface area contributed by atoms with Crippen LogP contribution in [0.4, 0.5) is 5.69 Å². The Labute approximate surface area is 225 Å². The van der Waals surface area contributed by atoms with Crippen molar-refractivity contribution in [3.63, 3.8) is 0 Å². The molecule has 0 N–H and O–H groups in total. The molecule has 3 aliphatic rings. The first-order valence-electron chi connectivity index (χ1n) is 13.8. The lowest BCUT2D eigenvalue weighted by atomic mass is 9.82. The van der Waals surface area contributed by atoms with E-state index in [1.807, 2.05) is 42.5 Å². The van der Waals surface area contributed by atoms with Gasteiger partial charge < -0.3 is 4.90 Å². The zero-order chi connectivity index (χ0) is 26.9. The fraction of sp³-hybridized carbons (Fsp3) is 0.364. The monoisotopic (exact) mass is 505 g/mol. The van der Waals surface area contributed by atoms with Crippen LogP contribution >= 0.6 is 0 Å². The Morgan fingerprint density at radius 3 is 2.50 bits per heavy atom. The second-order valence-corrected chi connectivity index (χ2v) is 10.9. The lowest BCUT2D eigenvalue weighted by Crippen LogP contribution is -2.43. The molecule has 0 aromatic heterocycles. The summed E-state index contributed by atoms with van der Waals surface area (Å²) in [5.74, 6) is -0.819. The normalized spacial score (nSPS) is 20.4. The van der Waals surface area contributed by atoms with Crippen molar-refractivity contribution in [2.45, 2.75) is 64.7 Å². The summed E-state index contributed by atoms with van der Waals surface area (Å²) in [5, 5.41) is 10.1. The second kappa shape index (κ2) is 10.5. The van der Waals surface area contributed by atoms with Gasteiger partial charge >= 0.3 is 0 Å². The highest BCUT2D eigenvalue weighted by Crippen LogP contribution is 2.51. The largest absolute Gasteiger partial charge is 0.344 e. The predicted octanol–water partition coefficient (Wildman–Crippen LogP) is 6.47. The summed E-state index contributed by atoms with van der Waals surface area (Å²) in [7, 11) is 0. The van der Waals surface area contributed by atoms with Crippen molar-refractivity contribution in [2.24, 2.45) is 0 Å². The van der Waals surface area contributed by atoms with E-state index in [0.29, 0.717) is 23.3 Å². The molecule has 0 saturated carbocycles. The molecule has 38 heavy (non-hydrogen) atoms. The zero-order valence-electron chi connectivity index (χ0n) is 22.6. The average molecular weight is 506 g/mol. The van der Waals surface area contributed by atoms with Crippen molar-refractivity contribution in [1.29, 1.82) is 5.26 Å². The van der Waals surface area contributed by atoms with Crippen molar-refractivity contribution in [3.8, 4) is 6.07 Å². The summed E-state index contributed by atoms with van der Waals surface area (Å²) in [4.78, 5) is 31.0. The smallest absolute Gasteiger partial charge is 0.272 e. The van der Waals surface area contributed by atoms with Crippen LogP contribution in [0.3, 0.4) is 0 Å². The van der Waals surface area contributed by atoms with Crippen LogP contribution in [-0.2, 0) is 21.4 Å². The van der Waals surface area contributed by atoms with Crippen LogP contribution in [-0.4, -0.2) is 29.8 Å². The summed E-state index contributed by atoms with van der Waals surface area (Å²) in [5.41, 5.74) is 6.45. The van der Waals surface area contributed by atoms with Gasteiger partial charge in [0.2, 0.25) is 0 Å². The van der Waals surface area contributed by atoms with Gasteiger partial charge in [0.15, 0.2) is 0 Å². The fourth-order valence-corrected chi connectivity index (χ4v) is 6.12. The van der Waals surface area contributed by atoms with Crippen LogP contribution in [0.5, 0.6) is 0 Å². The third-order valence-corrected chi connectivity index (χ3v) is 8.09. The van der Waals surface area contributed by atoms with E-state index in [2.05, 4.69) is 49.9 Å². The molecule has 0 radical (unpaired) electrons. The van der Waals surface area contributed by atoms with Gasteiger partial charge in [-0.15, -0.1) is 0 Å². The molecule has 3 heterocycles. The number of imide groups is 1. The number of unbranched alkanes of at least 4 members (excludes halogenated alkanes) is 3. The molecule has 0 bridgehead atoms. The van der Waals surface area contributed by atoms with Crippen LogP contribution in [0.1, 0.15) is 69.6 Å². The van der Waals surface area contributed by atoms with Gasteiger partial charge in [-0.05, 0) is 48.1 Å². The van der Waals surface area contributed by atoms with Crippen molar-refractivity contribution in [3.05, 3.63) is 94.2 Å². The second-order valence-electron chi connectivity index (χ2n) is 10.9. The number of allylic oxidation sites excluding steroid dienone is 3. The Balaban J connectivity index is 1.63. The van der Waals surface area contributed by atoms with Gasteiger partial charge in [-0.2, -0.15) is 5.26 Å². The number of carbonyl (C=O) groups is 2. The highest BCUT2D eigenvalue weighted by Gasteiger charge is 2.42. The molecule has 3 aliphatic heterocycles. The molecule has 2 amide bonds. The molecule has 5 heteroatoms. The van der Waals surface area contributed by atoms with Gasteiger partial charge in [0, 0.05) is 41.0 Å². The first-order chi connectivity index (χ1) is 18.4. The summed E-state index contributed by atoms with van der Waals surface area (Å²) in [6.07, 6.45) is 9.84. The Bertz CT molecular complexity index is 1410. The molecule has 0 unspecified atom stereocenters. The molecule has 5 nitrogen and oxygen atoms in total. The van der Waals surface area contributed by atoms with E-state index in [-0.39, 0.29) is 16.9 Å². The number of hydrogen-bond donors (Lipinski definition) is 0. The Morgan fingerprint density at radius 1 is 0.974 bits per heavy atom. The molecule has 0 aliphatic carbocycles. The van der Waals surface area contributed by atoms with E-state index in [1.54, 1.807) is 0 Å². The Morgan fingerprint density at radius 2 is 1.76 bits per heavy atom. The van der Waals surface area contributed by atoms with Crippen LogP contribution in [0.2, 0.25) is 0 Å². The van der Waals surface area contributed by atoms with Gasteiger partial charge in [-0.25, -0.2) is 0 Å². The highest BCUT2D eigenvalue weighted by molar-refractivity contribution is 6.27. The molecule has 2 aromatic rings. The van der Waals surface area contributed by atoms with Crippen molar-refractivity contribution in [1.82, 2.24) is 4.90 Å². The minimum atomic E-state index is -0.494. The molecule has 0 fully saturated rings. The van der Waals surface area contributed by atoms with Gasteiger partial charge in [-0.3, -0.25) is 14.5 Å². The van der Waals surface area contributed by atoms with Gasteiger partial charge in [0.05, 0.1) is 0 Å². The van der Waals surface area contributed by atoms with E-state index >= 15 is 0 Å². The zero-order valence-corrected chi connectivity index (χ0v) is 22.6. The summed E-state index contributed by atoms with van der Waals surface area (Å²) in [6, 6.07) is 18.0. The summed E-state index contributed by atoms with van der Waals surface area (Å²) >= 11 is 0. The lowest BCUT2D eigenvalue weighted by Gasteiger charge is -2.31. The van der Waals surface area contributed by atoms with Crippen LogP contribution in [0, 0.1) is 11.3 Å². The number of rotatable bonds is 7. The minimum absolute atomic E-state index is 0.0326. The molecule has 5 rings (SSSR count). The molecule has 2 aromatic carbocycles. The Kier molecular flexibility index (Phi) is 7.08. The van der Waals surface area contributed by atoms with Crippen molar-refractivity contribution < 1.29 is 9.59 Å². The van der Waals surface area contributed by atoms with Crippen LogP contribution in [0.25, 0.3) is 5.57 Å². The quantitative estimate of drug-likeness (QED) is 0.246. The van der Waals surface area contributed by atoms with E-state index in [0.717, 1.165) is 50.8 Å². The number of para-hydroxylation sites is 1. The lowest BCUT2D eigenvalue weighted by molar-refractivity contribution is -0.140. The number of hydrogen-bond acceptors (Lipinski definition) is 4. The number of aryl methyl sites for hydroxylation is 1. The standard InChI is InChI=1S/C33H35N3O2/c1-4-5-6-10-20-36-31(37)25(29(26(22-34)32(36)38)23-13-8-7-9-14-23)18-19-28-33(2,3)27-17-11-15-24-16-12-21-35(28)30(24)27/h7-9,11,13-15,17-19H,4-6,10,12,16,20-21H2,1-3H3/b25-18-,28-19+. The van der Waals surface area contributed by atoms with E-state index in [4.69, 9.17) is 0 Å². The molecular weight excluding hydrogens is 470 g/mol. The van der Waals surface area contributed by atoms with Crippen molar-refractivity contribution >= 4 is 23.1 Å². The molecule has 194 valence electrons. The van der Waals surface area contributed by atoms with Gasteiger partial charge in [0.1, 0.15) is 11.6 Å². The number of nitriles is 1. The Hall–Kier alpha value is -3.91. The third kappa shape index (κ3) is 4.28. The predicted molar refractivity (Wildman–Crippen MR) is 151 cm³/mol. The fourth-order valence-electron chi connectivity index (χ4n) is 6.12. The van der Waals surface area contributed by atoms with Gasteiger partial charge in [-0.1, -0.05) is 88.6 Å². The first kappa shape index (κ1) is 25.7. The minimum Gasteiger partial charge on any atom is -0.344 e. The maximum absolute atomic E-state index is 13.9. The van der Waals surface area contributed by atoms with Crippen LogP contribution in [0.15, 0.2) is 77.5 Å². The molecule has 0 spiro atoms. The summed E-state index contributed by atoms with van der Waals surface area (Å²) < 4.78 is 0. The topological polar surface area (TPSA) is 64.4 Å². The number of benzene rings is 2. The highest BCUT2D eigenvalue weighted by atomic mass is 16.2. The first-order valence-corrected chi connectivity index (χ1v) is 13.8. The maximum Gasteiger partial charge on any atom is 0.272 e.